The molecule has 0 atom stereocenters. The fourth-order valence-corrected chi connectivity index (χ4v) is 1.25. The molecule has 0 radical (unpaired) electrons. The summed E-state index contributed by atoms with van der Waals surface area (Å²) in [7, 11) is 1.45. The van der Waals surface area contributed by atoms with E-state index < -0.39 is 5.82 Å². The van der Waals surface area contributed by atoms with E-state index >= 15 is 0 Å². The number of anilines is 1. The van der Waals surface area contributed by atoms with E-state index in [4.69, 9.17) is 16.3 Å². The van der Waals surface area contributed by atoms with E-state index in [1.54, 1.807) is 0 Å². The Morgan fingerprint density at radius 2 is 2.33 bits per heavy atom. The number of hydrogen-bond acceptors (Lipinski definition) is 2. The molecular formula is C10H11ClFNO2. The van der Waals surface area contributed by atoms with Gasteiger partial charge in [-0.25, -0.2) is 4.39 Å². The lowest BCUT2D eigenvalue weighted by molar-refractivity contribution is -0.115. The molecule has 1 aromatic rings. The second kappa shape index (κ2) is 5.56. The molecule has 3 nitrogen and oxygen atoms in total. The Balaban J connectivity index is 2.82. The van der Waals surface area contributed by atoms with Gasteiger partial charge < -0.3 is 10.1 Å². The third kappa shape index (κ3) is 3.40. The molecule has 1 N–H and O–H groups in total. The summed E-state index contributed by atoms with van der Waals surface area (Å²) in [6.07, 6.45) is 0.182. The van der Waals surface area contributed by atoms with Gasteiger partial charge in [-0.05, 0) is 12.1 Å². The van der Waals surface area contributed by atoms with E-state index in [1.165, 1.54) is 25.3 Å². The van der Waals surface area contributed by atoms with Gasteiger partial charge >= 0.3 is 0 Å². The van der Waals surface area contributed by atoms with E-state index in [0.29, 0.717) is 11.4 Å². The van der Waals surface area contributed by atoms with Gasteiger partial charge in [-0.2, -0.15) is 0 Å². The van der Waals surface area contributed by atoms with Crippen molar-refractivity contribution in [1.82, 2.24) is 0 Å². The summed E-state index contributed by atoms with van der Waals surface area (Å²) >= 11 is 5.40. The van der Waals surface area contributed by atoms with Crippen molar-refractivity contribution in [3.63, 3.8) is 0 Å². The second-order valence-electron chi connectivity index (χ2n) is 2.83. The van der Waals surface area contributed by atoms with Crippen molar-refractivity contribution in [3.8, 4) is 5.75 Å². The lowest BCUT2D eigenvalue weighted by Gasteiger charge is -2.09. The molecule has 82 valence electrons. The molecule has 0 fully saturated rings. The van der Waals surface area contributed by atoms with Gasteiger partial charge in [0.05, 0.1) is 12.8 Å². The molecule has 0 aliphatic rings. The largest absolute Gasteiger partial charge is 0.495 e. The molecule has 1 amide bonds. The summed E-state index contributed by atoms with van der Waals surface area (Å²) in [5.74, 6) is -0.0612. The zero-order chi connectivity index (χ0) is 11.3. The number of carbonyl (C=O) groups is 1. The first-order chi connectivity index (χ1) is 7.17. The van der Waals surface area contributed by atoms with Gasteiger partial charge in [0.15, 0.2) is 0 Å². The van der Waals surface area contributed by atoms with Crippen LogP contribution in [0.25, 0.3) is 0 Å². The molecule has 15 heavy (non-hydrogen) atoms. The van der Waals surface area contributed by atoms with Crippen LogP contribution in [0.3, 0.4) is 0 Å². The highest BCUT2D eigenvalue weighted by Crippen LogP contribution is 2.24. The molecule has 0 spiro atoms. The molecule has 0 heterocycles. The minimum Gasteiger partial charge on any atom is -0.495 e. The van der Waals surface area contributed by atoms with Gasteiger partial charge in [0.25, 0.3) is 0 Å². The quantitative estimate of drug-likeness (QED) is 0.809. The van der Waals surface area contributed by atoms with Crippen LogP contribution in [0, 0.1) is 5.82 Å². The Bertz CT molecular complexity index is 357. The lowest BCUT2D eigenvalue weighted by Crippen LogP contribution is -2.12. The molecule has 1 rings (SSSR count). The van der Waals surface area contributed by atoms with Gasteiger partial charge in [0, 0.05) is 18.4 Å². The minimum atomic E-state index is -0.433. The number of ether oxygens (including phenoxy) is 1. The van der Waals surface area contributed by atoms with Gasteiger partial charge in [0.1, 0.15) is 11.6 Å². The van der Waals surface area contributed by atoms with E-state index in [2.05, 4.69) is 5.32 Å². The first kappa shape index (κ1) is 11.8. The molecule has 0 saturated carbocycles. The standard InChI is InChI=1S/C10H11ClFNO2/c1-15-9-3-2-7(12)6-8(9)13-10(14)4-5-11/h2-3,6H,4-5H2,1H3,(H,13,14). The maximum absolute atomic E-state index is 12.9. The zero-order valence-electron chi connectivity index (χ0n) is 8.22. The number of nitrogens with one attached hydrogen (secondary N) is 1. The molecule has 0 aliphatic carbocycles. The second-order valence-corrected chi connectivity index (χ2v) is 3.21. The number of carbonyl (C=O) groups excluding carboxylic acids is 1. The molecule has 1 aromatic carbocycles. The van der Waals surface area contributed by atoms with Crippen LogP contribution < -0.4 is 10.1 Å². The lowest BCUT2D eigenvalue weighted by atomic mass is 10.2. The summed E-state index contributed by atoms with van der Waals surface area (Å²) in [4.78, 5) is 11.2. The number of alkyl halides is 1. The van der Waals surface area contributed by atoms with Crippen molar-refractivity contribution < 1.29 is 13.9 Å². The van der Waals surface area contributed by atoms with Crippen LogP contribution in [0.5, 0.6) is 5.75 Å². The predicted octanol–water partition coefficient (Wildman–Crippen LogP) is 2.40. The van der Waals surface area contributed by atoms with Crippen molar-refractivity contribution in [2.24, 2.45) is 0 Å². The summed E-state index contributed by atoms with van der Waals surface area (Å²) in [6, 6.07) is 3.91. The third-order valence-electron chi connectivity index (χ3n) is 1.76. The normalized spacial score (nSPS) is 9.80. The van der Waals surface area contributed by atoms with E-state index in [0.717, 1.165) is 0 Å². The third-order valence-corrected chi connectivity index (χ3v) is 1.95. The van der Waals surface area contributed by atoms with Crippen LogP contribution in [0.1, 0.15) is 6.42 Å². The number of halogens is 2. The van der Waals surface area contributed by atoms with Crippen LogP contribution >= 0.6 is 11.6 Å². The topological polar surface area (TPSA) is 38.3 Å². The number of benzene rings is 1. The SMILES string of the molecule is COc1ccc(F)cc1NC(=O)CCCl. The Morgan fingerprint density at radius 3 is 2.93 bits per heavy atom. The fourth-order valence-electron chi connectivity index (χ4n) is 1.08. The van der Waals surface area contributed by atoms with Crippen molar-refractivity contribution in [3.05, 3.63) is 24.0 Å². The maximum atomic E-state index is 12.9. The molecule has 0 aliphatic heterocycles. The van der Waals surface area contributed by atoms with Crippen LogP contribution in [-0.4, -0.2) is 18.9 Å². The van der Waals surface area contributed by atoms with E-state index in [9.17, 15) is 9.18 Å². The van der Waals surface area contributed by atoms with Crippen molar-refractivity contribution in [2.75, 3.05) is 18.3 Å². The van der Waals surface area contributed by atoms with Gasteiger partial charge in [-0.1, -0.05) is 0 Å². The first-order valence-electron chi connectivity index (χ1n) is 4.36. The van der Waals surface area contributed by atoms with Gasteiger partial charge in [-0.15, -0.1) is 11.6 Å². The van der Waals surface area contributed by atoms with Crippen LogP contribution in [0.15, 0.2) is 18.2 Å². The van der Waals surface area contributed by atoms with Crippen LogP contribution in [0.2, 0.25) is 0 Å². The average molecular weight is 232 g/mol. The highest BCUT2D eigenvalue weighted by atomic mass is 35.5. The highest BCUT2D eigenvalue weighted by molar-refractivity contribution is 6.19. The minimum absolute atomic E-state index is 0.182. The molecule has 5 heteroatoms. The predicted molar refractivity (Wildman–Crippen MR) is 56.9 cm³/mol. The Morgan fingerprint density at radius 1 is 1.60 bits per heavy atom. The van der Waals surface area contributed by atoms with Crippen LogP contribution in [-0.2, 0) is 4.79 Å². The summed E-state index contributed by atoms with van der Waals surface area (Å²) in [5, 5.41) is 2.51. The average Bonchev–Trinajstić information content (AvgIpc) is 2.18. The van der Waals surface area contributed by atoms with E-state index in [-0.39, 0.29) is 18.2 Å². The first-order valence-corrected chi connectivity index (χ1v) is 4.90. The summed E-state index contributed by atoms with van der Waals surface area (Å²) in [5.41, 5.74) is 0.313. The number of methoxy groups -OCH3 is 1. The smallest absolute Gasteiger partial charge is 0.225 e. The Hall–Kier alpha value is -1.29. The summed E-state index contributed by atoms with van der Waals surface area (Å²) < 4.78 is 17.9. The molecular weight excluding hydrogens is 221 g/mol. The van der Waals surface area contributed by atoms with Crippen molar-refractivity contribution in [2.45, 2.75) is 6.42 Å². The van der Waals surface area contributed by atoms with Gasteiger partial charge in [0.2, 0.25) is 5.91 Å². The van der Waals surface area contributed by atoms with Crippen molar-refractivity contribution in [1.29, 1.82) is 0 Å². The highest BCUT2D eigenvalue weighted by Gasteiger charge is 2.07. The molecule has 0 aromatic heterocycles. The molecule has 0 unspecified atom stereocenters. The van der Waals surface area contributed by atoms with Crippen molar-refractivity contribution >= 4 is 23.2 Å². The Kier molecular flexibility index (Phi) is 4.37. The van der Waals surface area contributed by atoms with Crippen LogP contribution in [0.4, 0.5) is 10.1 Å². The van der Waals surface area contributed by atoms with Gasteiger partial charge in [-0.3, -0.25) is 4.79 Å². The Labute approximate surface area is 92.2 Å². The molecule has 0 bridgehead atoms. The molecule has 0 saturated heterocycles. The zero-order valence-corrected chi connectivity index (χ0v) is 8.97. The number of amides is 1. The van der Waals surface area contributed by atoms with E-state index in [1.807, 2.05) is 0 Å². The fraction of sp³-hybridized carbons (Fsp3) is 0.300. The monoisotopic (exact) mass is 231 g/mol. The number of rotatable bonds is 4. The maximum Gasteiger partial charge on any atom is 0.225 e. The number of hydrogen-bond donors (Lipinski definition) is 1. The summed E-state index contributed by atoms with van der Waals surface area (Å²) in [6.45, 7) is 0.